The molecule has 1 aliphatic heterocycles. The third-order valence-corrected chi connectivity index (χ3v) is 7.74. The Morgan fingerprint density at radius 2 is 1.80 bits per heavy atom. The highest BCUT2D eigenvalue weighted by Crippen LogP contribution is 2.33. The normalized spacial score (nSPS) is 15.3. The number of urea groups is 1. The average molecular weight is 506 g/mol. The SMILES string of the molecule is COc1ccc2c(c1)CCN(C(=O)NCCC(=O)O)C2C(=O)Nc1cc(F)c([Si](C)(C)C)c(F)c1. The quantitative estimate of drug-likeness (QED) is 0.501. The molecule has 0 radical (unpaired) electrons. The second-order valence-electron chi connectivity index (χ2n) is 9.34. The zero-order valence-corrected chi connectivity index (χ0v) is 21.1. The lowest BCUT2D eigenvalue weighted by atomic mass is 9.91. The van der Waals surface area contributed by atoms with Crippen LogP contribution in [-0.4, -0.2) is 56.2 Å². The van der Waals surface area contributed by atoms with Gasteiger partial charge in [0.1, 0.15) is 23.4 Å². The number of carboxylic acid groups (broad SMARTS) is 1. The lowest BCUT2D eigenvalue weighted by Crippen LogP contribution is -2.49. The summed E-state index contributed by atoms with van der Waals surface area (Å²) < 4.78 is 34.7. The average Bonchev–Trinajstić information content (AvgIpc) is 2.75. The summed E-state index contributed by atoms with van der Waals surface area (Å²) in [5.41, 5.74) is 1.28. The second kappa shape index (κ2) is 10.4. The highest BCUT2D eigenvalue weighted by Gasteiger charge is 2.36. The van der Waals surface area contributed by atoms with Gasteiger partial charge in [0.15, 0.2) is 0 Å². The number of carboxylic acids is 1. The van der Waals surface area contributed by atoms with E-state index in [1.165, 1.54) is 12.0 Å². The lowest BCUT2D eigenvalue weighted by Gasteiger charge is -2.36. The van der Waals surface area contributed by atoms with Gasteiger partial charge in [-0.2, -0.15) is 0 Å². The Bertz CT molecular complexity index is 1130. The molecule has 1 atom stereocenters. The fraction of sp³-hybridized carbons (Fsp3) is 0.375. The first-order valence-electron chi connectivity index (χ1n) is 11.2. The number of carbonyl (C=O) groups excluding carboxylic acids is 2. The summed E-state index contributed by atoms with van der Waals surface area (Å²) in [5.74, 6) is -2.58. The first-order chi connectivity index (χ1) is 16.4. The zero-order valence-electron chi connectivity index (χ0n) is 20.1. The van der Waals surface area contributed by atoms with Crippen LogP contribution in [0.25, 0.3) is 0 Å². The molecular formula is C24H29F2N3O5Si. The highest BCUT2D eigenvalue weighted by atomic mass is 28.3. The van der Waals surface area contributed by atoms with Crippen molar-refractivity contribution < 1.29 is 33.0 Å². The fourth-order valence-corrected chi connectivity index (χ4v) is 5.76. The van der Waals surface area contributed by atoms with Crippen LogP contribution in [0, 0.1) is 11.6 Å². The van der Waals surface area contributed by atoms with Gasteiger partial charge in [-0.1, -0.05) is 25.7 Å². The summed E-state index contributed by atoms with van der Waals surface area (Å²) in [6.07, 6.45) is 0.170. The van der Waals surface area contributed by atoms with Crippen LogP contribution in [0.15, 0.2) is 30.3 Å². The van der Waals surface area contributed by atoms with Crippen molar-refractivity contribution >= 4 is 36.9 Å². The molecule has 3 amide bonds. The molecule has 188 valence electrons. The topological polar surface area (TPSA) is 108 Å². The van der Waals surface area contributed by atoms with Gasteiger partial charge in [0.05, 0.1) is 21.6 Å². The van der Waals surface area contributed by atoms with E-state index in [1.54, 1.807) is 18.2 Å². The predicted molar refractivity (Wildman–Crippen MR) is 130 cm³/mol. The molecule has 35 heavy (non-hydrogen) atoms. The van der Waals surface area contributed by atoms with Gasteiger partial charge in [0.2, 0.25) is 0 Å². The van der Waals surface area contributed by atoms with Gasteiger partial charge in [-0.25, -0.2) is 13.6 Å². The standard InChI is InChI=1S/C24H29F2N3O5Si/c1-34-16-5-6-17-14(11-16)8-10-29(24(33)27-9-7-20(30)31)21(17)23(32)28-15-12-18(25)22(19(26)13-15)35(2,3)4/h5-6,11-13,21H,7-10H2,1-4H3,(H,27,33)(H,28,32)(H,30,31). The molecule has 1 heterocycles. The molecule has 0 saturated carbocycles. The number of anilines is 1. The number of hydrogen-bond donors (Lipinski definition) is 3. The van der Waals surface area contributed by atoms with Crippen molar-refractivity contribution in [3.05, 3.63) is 53.1 Å². The van der Waals surface area contributed by atoms with Crippen LogP contribution < -0.4 is 20.6 Å². The number of hydrogen-bond acceptors (Lipinski definition) is 4. The molecule has 3 rings (SSSR count). The maximum Gasteiger partial charge on any atom is 0.318 e. The van der Waals surface area contributed by atoms with E-state index in [0.29, 0.717) is 17.7 Å². The van der Waals surface area contributed by atoms with Crippen LogP contribution in [0.4, 0.5) is 19.3 Å². The lowest BCUT2D eigenvalue weighted by molar-refractivity contribution is -0.136. The van der Waals surface area contributed by atoms with Crippen LogP contribution in [0.3, 0.4) is 0 Å². The van der Waals surface area contributed by atoms with Crippen molar-refractivity contribution in [1.82, 2.24) is 10.2 Å². The van der Waals surface area contributed by atoms with Crippen LogP contribution in [-0.2, 0) is 16.0 Å². The van der Waals surface area contributed by atoms with E-state index in [2.05, 4.69) is 10.6 Å². The van der Waals surface area contributed by atoms with E-state index in [-0.39, 0.29) is 30.4 Å². The number of carbonyl (C=O) groups is 3. The van der Waals surface area contributed by atoms with Gasteiger partial charge in [0.25, 0.3) is 5.91 Å². The van der Waals surface area contributed by atoms with Crippen LogP contribution in [0.1, 0.15) is 23.6 Å². The van der Waals surface area contributed by atoms with Crippen LogP contribution >= 0.6 is 0 Å². The molecular weight excluding hydrogens is 476 g/mol. The van der Waals surface area contributed by atoms with E-state index in [0.717, 1.165) is 17.7 Å². The third-order valence-electron chi connectivity index (χ3n) is 5.76. The molecule has 0 spiro atoms. The molecule has 1 unspecified atom stereocenters. The minimum absolute atomic E-state index is 0.0463. The first-order valence-corrected chi connectivity index (χ1v) is 14.7. The highest BCUT2D eigenvalue weighted by molar-refractivity contribution is 6.88. The Morgan fingerprint density at radius 1 is 1.14 bits per heavy atom. The van der Waals surface area contributed by atoms with Gasteiger partial charge >= 0.3 is 12.0 Å². The number of methoxy groups -OCH3 is 1. The van der Waals surface area contributed by atoms with Gasteiger partial charge < -0.3 is 25.4 Å². The number of benzene rings is 2. The van der Waals surface area contributed by atoms with E-state index in [1.807, 2.05) is 19.6 Å². The van der Waals surface area contributed by atoms with Gasteiger partial charge in [0, 0.05) is 24.0 Å². The molecule has 0 aliphatic carbocycles. The monoisotopic (exact) mass is 505 g/mol. The maximum atomic E-state index is 14.7. The second-order valence-corrected chi connectivity index (χ2v) is 14.3. The number of aliphatic carboxylic acids is 1. The van der Waals surface area contributed by atoms with Gasteiger partial charge in [-0.05, 0) is 41.8 Å². The Hall–Kier alpha value is -3.47. The Kier molecular flexibility index (Phi) is 7.79. The van der Waals surface area contributed by atoms with Crippen LogP contribution in [0.2, 0.25) is 19.6 Å². The molecule has 2 aromatic carbocycles. The van der Waals surface area contributed by atoms with Gasteiger partial charge in [-0.3, -0.25) is 9.59 Å². The number of nitrogens with one attached hydrogen (secondary N) is 2. The molecule has 11 heteroatoms. The molecule has 0 fully saturated rings. The summed E-state index contributed by atoms with van der Waals surface area (Å²) in [5, 5.41) is 13.9. The van der Waals surface area contributed by atoms with Crippen molar-refractivity contribution in [2.24, 2.45) is 0 Å². The largest absolute Gasteiger partial charge is 0.497 e. The van der Waals surface area contributed by atoms with E-state index in [4.69, 9.17) is 9.84 Å². The molecule has 2 aromatic rings. The van der Waals surface area contributed by atoms with Crippen molar-refractivity contribution in [2.75, 3.05) is 25.5 Å². The Morgan fingerprint density at radius 3 is 2.37 bits per heavy atom. The molecule has 0 aromatic heterocycles. The summed E-state index contributed by atoms with van der Waals surface area (Å²) in [7, 11) is -0.780. The van der Waals surface area contributed by atoms with Crippen molar-refractivity contribution in [1.29, 1.82) is 0 Å². The number of nitrogens with zero attached hydrogens (tertiary/aromatic N) is 1. The molecule has 8 nitrogen and oxygen atoms in total. The van der Waals surface area contributed by atoms with Crippen molar-refractivity contribution in [3.8, 4) is 5.75 Å². The summed E-state index contributed by atoms with van der Waals surface area (Å²) in [6, 6.07) is 5.57. The molecule has 0 saturated heterocycles. The minimum atomic E-state index is -2.30. The predicted octanol–water partition coefficient (Wildman–Crippen LogP) is 3.24. The fourth-order valence-electron chi connectivity index (χ4n) is 4.18. The van der Waals surface area contributed by atoms with E-state index in [9.17, 15) is 23.2 Å². The minimum Gasteiger partial charge on any atom is -0.497 e. The summed E-state index contributed by atoms with van der Waals surface area (Å²) >= 11 is 0. The summed E-state index contributed by atoms with van der Waals surface area (Å²) in [6.45, 7) is 5.53. The van der Waals surface area contributed by atoms with Gasteiger partial charge in [-0.15, -0.1) is 0 Å². The molecule has 0 bridgehead atoms. The Labute approximate surface area is 203 Å². The molecule has 3 N–H and O–H groups in total. The first kappa shape index (κ1) is 26.1. The van der Waals surface area contributed by atoms with E-state index >= 15 is 0 Å². The summed E-state index contributed by atoms with van der Waals surface area (Å²) in [4.78, 5) is 38.3. The number of rotatable bonds is 7. The zero-order chi connectivity index (χ0) is 25.9. The van der Waals surface area contributed by atoms with Crippen LogP contribution in [0.5, 0.6) is 5.75 Å². The molecule has 1 aliphatic rings. The third kappa shape index (κ3) is 5.97. The van der Waals surface area contributed by atoms with Crippen molar-refractivity contribution in [2.45, 2.75) is 38.5 Å². The van der Waals surface area contributed by atoms with E-state index < -0.39 is 43.7 Å². The van der Waals surface area contributed by atoms with Crippen molar-refractivity contribution in [3.63, 3.8) is 0 Å². The number of fused-ring (bicyclic) bond motifs is 1. The number of amides is 3. The smallest absolute Gasteiger partial charge is 0.318 e. The Balaban J connectivity index is 1.93. The number of ether oxygens (including phenoxy) is 1. The maximum absolute atomic E-state index is 14.7. The number of halogens is 2.